The van der Waals surface area contributed by atoms with Gasteiger partial charge in [0.05, 0.1) is 6.61 Å². The molecule has 0 bridgehead atoms. The second kappa shape index (κ2) is 5.07. The topological polar surface area (TPSA) is 26.3 Å². The first-order valence-electron chi connectivity index (χ1n) is 4.34. The summed E-state index contributed by atoms with van der Waals surface area (Å²) in [4.78, 5) is 10.3. The summed E-state index contributed by atoms with van der Waals surface area (Å²) in [5.41, 5.74) is 0.246. The fourth-order valence-corrected chi connectivity index (χ4v) is 1.44. The van der Waals surface area contributed by atoms with E-state index in [-0.39, 0.29) is 24.3 Å². The number of halogens is 3. The highest BCUT2D eigenvalue weighted by molar-refractivity contribution is 6.32. The molecule has 0 aliphatic carbocycles. The molecule has 0 aromatic heterocycles. The van der Waals surface area contributed by atoms with Gasteiger partial charge in [-0.25, -0.2) is 8.78 Å². The number of ether oxygens (including phenoxy) is 1. The first-order valence-corrected chi connectivity index (χ1v) is 4.72. The Morgan fingerprint density at radius 3 is 2.73 bits per heavy atom. The molecular weight excluding hydrogens is 226 g/mol. The molecule has 0 aliphatic heterocycles. The lowest BCUT2D eigenvalue weighted by Crippen LogP contribution is -2.02. The largest absolute Gasteiger partial charge is 0.492 e. The lowest BCUT2D eigenvalue weighted by Gasteiger charge is -2.11. The molecule has 0 N–H and O–H groups in total. The van der Waals surface area contributed by atoms with Crippen molar-refractivity contribution in [1.29, 1.82) is 0 Å². The summed E-state index contributed by atoms with van der Waals surface area (Å²) in [5, 5.41) is -0.422. The summed E-state index contributed by atoms with van der Waals surface area (Å²) in [6.07, 6.45) is 0.512. The molecule has 0 heterocycles. The van der Waals surface area contributed by atoms with Gasteiger partial charge in [-0.15, -0.1) is 0 Å². The summed E-state index contributed by atoms with van der Waals surface area (Å²) >= 11 is 5.56. The Labute approximate surface area is 90.8 Å². The van der Waals surface area contributed by atoms with E-state index in [4.69, 9.17) is 16.3 Å². The zero-order chi connectivity index (χ0) is 11.4. The van der Waals surface area contributed by atoms with Crippen LogP contribution in [0.2, 0.25) is 5.02 Å². The highest BCUT2D eigenvalue weighted by Crippen LogP contribution is 2.33. The van der Waals surface area contributed by atoms with Crippen LogP contribution in [0.1, 0.15) is 12.5 Å². The Morgan fingerprint density at radius 1 is 1.53 bits per heavy atom. The van der Waals surface area contributed by atoms with Crippen LogP contribution in [0.3, 0.4) is 0 Å². The first-order chi connectivity index (χ1) is 7.11. The minimum atomic E-state index is -1.16. The number of carbonyl (C=O) groups excluding carboxylic acids is 1. The second-order valence-electron chi connectivity index (χ2n) is 2.78. The van der Waals surface area contributed by atoms with Crippen LogP contribution in [0.5, 0.6) is 5.75 Å². The van der Waals surface area contributed by atoms with Gasteiger partial charge < -0.3 is 9.53 Å². The van der Waals surface area contributed by atoms with Crippen LogP contribution in [-0.2, 0) is 11.2 Å². The molecule has 82 valence electrons. The van der Waals surface area contributed by atoms with Gasteiger partial charge in [0.15, 0.2) is 11.6 Å². The van der Waals surface area contributed by atoms with Crippen molar-refractivity contribution >= 4 is 17.9 Å². The van der Waals surface area contributed by atoms with Crippen molar-refractivity contribution in [3.8, 4) is 5.75 Å². The van der Waals surface area contributed by atoms with Gasteiger partial charge in [-0.3, -0.25) is 0 Å². The van der Waals surface area contributed by atoms with Crippen molar-refractivity contribution in [2.75, 3.05) is 6.61 Å². The molecular formula is C10H9ClF2O2. The predicted molar refractivity (Wildman–Crippen MR) is 52.3 cm³/mol. The van der Waals surface area contributed by atoms with E-state index in [1.165, 1.54) is 0 Å². The quantitative estimate of drug-likeness (QED) is 0.592. The molecule has 0 spiro atoms. The van der Waals surface area contributed by atoms with Crippen LogP contribution < -0.4 is 4.74 Å². The van der Waals surface area contributed by atoms with Crippen molar-refractivity contribution < 1.29 is 18.3 Å². The SMILES string of the molecule is CCOc1c(CC=O)cc(F)c(F)c1Cl. The number of hydrogen-bond acceptors (Lipinski definition) is 2. The van der Waals surface area contributed by atoms with E-state index < -0.39 is 16.7 Å². The third-order valence-corrected chi connectivity index (χ3v) is 2.12. The second-order valence-corrected chi connectivity index (χ2v) is 3.16. The monoisotopic (exact) mass is 234 g/mol. The van der Waals surface area contributed by atoms with Crippen molar-refractivity contribution in [2.24, 2.45) is 0 Å². The Hall–Kier alpha value is -1.16. The molecule has 0 saturated heterocycles. The summed E-state index contributed by atoms with van der Waals surface area (Å²) < 4.78 is 31.1. The Balaban J connectivity index is 3.29. The van der Waals surface area contributed by atoms with Gasteiger partial charge in [0.25, 0.3) is 0 Å². The first kappa shape index (κ1) is 11.9. The number of aldehydes is 1. The molecule has 15 heavy (non-hydrogen) atoms. The fourth-order valence-electron chi connectivity index (χ4n) is 1.17. The molecule has 1 aromatic carbocycles. The third kappa shape index (κ3) is 2.45. The normalized spacial score (nSPS) is 10.1. The minimum Gasteiger partial charge on any atom is -0.492 e. The van der Waals surface area contributed by atoms with Crippen molar-refractivity contribution in [3.05, 3.63) is 28.3 Å². The third-order valence-electron chi connectivity index (χ3n) is 1.79. The molecule has 0 fully saturated rings. The van der Waals surface area contributed by atoms with Gasteiger partial charge >= 0.3 is 0 Å². The minimum absolute atomic E-state index is 0.0326. The number of rotatable bonds is 4. The van der Waals surface area contributed by atoms with E-state index in [9.17, 15) is 13.6 Å². The van der Waals surface area contributed by atoms with E-state index in [1.807, 2.05) is 0 Å². The fraction of sp³-hybridized carbons (Fsp3) is 0.300. The highest BCUT2D eigenvalue weighted by Gasteiger charge is 2.17. The van der Waals surface area contributed by atoms with Crippen LogP contribution in [0.4, 0.5) is 8.78 Å². The molecule has 0 unspecified atom stereocenters. The Kier molecular flexibility index (Phi) is 4.03. The molecule has 0 atom stereocenters. The molecule has 1 rings (SSSR count). The molecule has 0 aliphatic rings. The average Bonchev–Trinajstić information content (AvgIpc) is 2.21. The summed E-state index contributed by atoms with van der Waals surface area (Å²) in [7, 11) is 0. The summed E-state index contributed by atoms with van der Waals surface area (Å²) in [6, 6.07) is 0.917. The maximum Gasteiger partial charge on any atom is 0.181 e. The van der Waals surface area contributed by atoms with E-state index >= 15 is 0 Å². The lowest BCUT2D eigenvalue weighted by molar-refractivity contribution is -0.107. The van der Waals surface area contributed by atoms with Gasteiger partial charge in [-0.1, -0.05) is 11.6 Å². The zero-order valence-electron chi connectivity index (χ0n) is 8.02. The van der Waals surface area contributed by atoms with E-state index in [0.717, 1.165) is 6.07 Å². The zero-order valence-corrected chi connectivity index (χ0v) is 8.78. The molecule has 0 amide bonds. The Morgan fingerprint density at radius 2 is 2.20 bits per heavy atom. The maximum atomic E-state index is 13.1. The Bertz CT molecular complexity index is 380. The smallest absolute Gasteiger partial charge is 0.181 e. The van der Waals surface area contributed by atoms with Crippen molar-refractivity contribution in [1.82, 2.24) is 0 Å². The summed E-state index contributed by atoms with van der Waals surface area (Å²) in [5.74, 6) is -2.21. The van der Waals surface area contributed by atoms with Gasteiger partial charge in [0.1, 0.15) is 17.1 Å². The molecule has 0 saturated carbocycles. The van der Waals surface area contributed by atoms with Crippen molar-refractivity contribution in [2.45, 2.75) is 13.3 Å². The van der Waals surface area contributed by atoms with Crippen LogP contribution in [0, 0.1) is 11.6 Å². The molecule has 2 nitrogen and oxygen atoms in total. The van der Waals surface area contributed by atoms with Gasteiger partial charge in [0, 0.05) is 12.0 Å². The van der Waals surface area contributed by atoms with Crippen LogP contribution in [0.25, 0.3) is 0 Å². The average molecular weight is 235 g/mol. The van der Waals surface area contributed by atoms with Crippen molar-refractivity contribution in [3.63, 3.8) is 0 Å². The van der Waals surface area contributed by atoms with E-state index in [2.05, 4.69) is 0 Å². The highest BCUT2D eigenvalue weighted by atomic mass is 35.5. The van der Waals surface area contributed by atoms with Crippen LogP contribution in [-0.4, -0.2) is 12.9 Å². The predicted octanol–water partition coefficient (Wildman–Crippen LogP) is 2.76. The van der Waals surface area contributed by atoms with Gasteiger partial charge in [-0.05, 0) is 13.0 Å². The standard InChI is InChI=1S/C10H9ClF2O2/c1-2-15-10-6(3-4-14)5-7(12)9(13)8(10)11/h4-5H,2-3H2,1H3. The number of hydrogen-bond donors (Lipinski definition) is 0. The molecule has 5 heteroatoms. The maximum absolute atomic E-state index is 13.1. The number of carbonyl (C=O) groups is 1. The van der Waals surface area contributed by atoms with Crippen LogP contribution >= 0.6 is 11.6 Å². The van der Waals surface area contributed by atoms with E-state index in [0.29, 0.717) is 6.29 Å². The molecule has 0 radical (unpaired) electrons. The van der Waals surface area contributed by atoms with E-state index in [1.54, 1.807) is 6.92 Å². The molecule has 1 aromatic rings. The lowest BCUT2D eigenvalue weighted by atomic mass is 10.1. The van der Waals surface area contributed by atoms with Gasteiger partial charge in [0.2, 0.25) is 0 Å². The number of benzene rings is 1. The van der Waals surface area contributed by atoms with Crippen LogP contribution in [0.15, 0.2) is 6.07 Å². The van der Waals surface area contributed by atoms with Gasteiger partial charge in [-0.2, -0.15) is 0 Å². The summed E-state index contributed by atoms with van der Waals surface area (Å²) in [6.45, 7) is 1.94.